The smallest absolute Gasteiger partial charge is 0.119 e. The van der Waals surface area contributed by atoms with Crippen LogP contribution in [-0.2, 0) is 0 Å². The zero-order valence-corrected chi connectivity index (χ0v) is 22.5. The Morgan fingerprint density at radius 3 is 1.64 bits per heavy atom. The second-order valence-electron chi connectivity index (χ2n) is 9.56. The number of anilines is 3. The minimum absolute atomic E-state index is 0.821. The highest BCUT2D eigenvalue weighted by Gasteiger charge is 2.15. The summed E-state index contributed by atoms with van der Waals surface area (Å²) < 4.78 is 10.8. The van der Waals surface area contributed by atoms with Crippen molar-refractivity contribution in [1.29, 1.82) is 0 Å². The molecule has 192 valence electrons. The Morgan fingerprint density at radius 2 is 1.08 bits per heavy atom. The van der Waals surface area contributed by atoms with Gasteiger partial charge in [-0.1, -0.05) is 24.3 Å². The van der Waals surface area contributed by atoms with Crippen molar-refractivity contribution in [2.45, 2.75) is 13.8 Å². The number of methoxy groups -OCH3 is 2. The zero-order chi connectivity index (χ0) is 26.9. The maximum atomic E-state index is 5.38. The van der Waals surface area contributed by atoms with Gasteiger partial charge >= 0.3 is 0 Å². The lowest BCUT2D eigenvalue weighted by atomic mass is 9.97. The van der Waals surface area contributed by atoms with E-state index in [1.165, 1.54) is 11.1 Å². The summed E-state index contributed by atoms with van der Waals surface area (Å²) in [6, 6.07) is 31.2. The molecule has 0 saturated heterocycles. The first-order chi connectivity index (χ1) is 19.1. The van der Waals surface area contributed by atoms with Gasteiger partial charge in [0, 0.05) is 45.8 Å². The maximum Gasteiger partial charge on any atom is 0.119 e. The molecule has 0 aliphatic rings. The van der Waals surface area contributed by atoms with E-state index in [0.717, 1.165) is 61.5 Å². The molecule has 0 atom stereocenters. The minimum Gasteiger partial charge on any atom is -0.497 e. The van der Waals surface area contributed by atoms with E-state index in [-0.39, 0.29) is 0 Å². The van der Waals surface area contributed by atoms with Gasteiger partial charge in [-0.2, -0.15) is 0 Å². The summed E-state index contributed by atoms with van der Waals surface area (Å²) in [5.41, 5.74) is 9.64. The van der Waals surface area contributed by atoms with Gasteiger partial charge in [0.25, 0.3) is 0 Å². The van der Waals surface area contributed by atoms with E-state index in [1.807, 2.05) is 42.7 Å². The predicted molar refractivity (Wildman–Crippen MR) is 160 cm³/mol. The lowest BCUT2D eigenvalue weighted by Gasteiger charge is -2.26. The third-order valence-corrected chi connectivity index (χ3v) is 7.33. The highest BCUT2D eigenvalue weighted by atomic mass is 16.5. The number of hydrogen-bond donors (Lipinski definition) is 0. The van der Waals surface area contributed by atoms with Crippen LogP contribution in [0.25, 0.3) is 32.9 Å². The fraction of sp³-hybridized carbons (Fsp3) is 0.118. The van der Waals surface area contributed by atoms with Gasteiger partial charge in [-0.3, -0.25) is 9.97 Å². The Kier molecular flexibility index (Phi) is 6.33. The predicted octanol–water partition coefficient (Wildman–Crippen LogP) is 8.55. The highest BCUT2D eigenvalue weighted by Crippen LogP contribution is 2.38. The molecular formula is C34H29N3O2. The van der Waals surface area contributed by atoms with Crippen molar-refractivity contribution < 1.29 is 9.47 Å². The molecular weight excluding hydrogens is 482 g/mol. The molecule has 0 N–H and O–H groups in total. The SMILES string of the molecule is COc1ccc(N(c2ccc(OC)cc2)c2ccc(-c3cnc4c(ccc5c(C)ccnc54)c3C)cc2)cc1. The lowest BCUT2D eigenvalue weighted by molar-refractivity contribution is 0.415. The quantitative estimate of drug-likeness (QED) is 0.210. The number of ether oxygens (including phenoxy) is 2. The van der Waals surface area contributed by atoms with Crippen LogP contribution in [0.5, 0.6) is 11.5 Å². The molecule has 6 rings (SSSR count). The van der Waals surface area contributed by atoms with Crippen molar-refractivity contribution in [3.63, 3.8) is 0 Å². The molecule has 4 aromatic carbocycles. The minimum atomic E-state index is 0.821. The molecule has 2 aromatic heterocycles. The van der Waals surface area contributed by atoms with Gasteiger partial charge in [0.15, 0.2) is 0 Å². The first-order valence-corrected chi connectivity index (χ1v) is 12.9. The molecule has 0 aliphatic carbocycles. The number of benzene rings is 4. The third-order valence-electron chi connectivity index (χ3n) is 7.33. The Hall–Kier alpha value is -4.90. The number of aryl methyl sites for hydroxylation is 2. The van der Waals surface area contributed by atoms with Crippen LogP contribution in [0.1, 0.15) is 11.1 Å². The number of rotatable bonds is 6. The van der Waals surface area contributed by atoms with Gasteiger partial charge in [0.1, 0.15) is 11.5 Å². The standard InChI is InChI=1S/C34H29N3O2/c1-22-19-20-35-33-30(22)17-18-31-23(2)32(21-36-34(31)33)24-5-7-25(8-6-24)37(26-9-13-28(38-3)14-10-26)27-11-15-29(39-4)16-12-27/h5-21H,1-4H3. The van der Waals surface area contributed by atoms with Gasteiger partial charge in [0.2, 0.25) is 0 Å². The summed E-state index contributed by atoms with van der Waals surface area (Å²) in [6.07, 6.45) is 3.83. The molecule has 5 heteroatoms. The van der Waals surface area contributed by atoms with Crippen LogP contribution in [0.2, 0.25) is 0 Å². The van der Waals surface area contributed by atoms with Gasteiger partial charge in [-0.15, -0.1) is 0 Å². The van der Waals surface area contributed by atoms with Crippen LogP contribution in [0.3, 0.4) is 0 Å². The van der Waals surface area contributed by atoms with E-state index in [1.54, 1.807) is 14.2 Å². The fourth-order valence-corrected chi connectivity index (χ4v) is 5.14. The number of nitrogens with zero attached hydrogens (tertiary/aromatic N) is 3. The first kappa shape index (κ1) is 24.4. The van der Waals surface area contributed by atoms with Crippen molar-refractivity contribution >= 4 is 38.9 Å². The monoisotopic (exact) mass is 511 g/mol. The summed E-state index contributed by atoms with van der Waals surface area (Å²) in [7, 11) is 3.36. The third kappa shape index (κ3) is 4.42. The van der Waals surface area contributed by atoms with Gasteiger partial charge in [-0.05, 0) is 97.3 Å². The number of aromatic nitrogens is 2. The summed E-state index contributed by atoms with van der Waals surface area (Å²) in [4.78, 5) is 11.7. The number of pyridine rings is 2. The van der Waals surface area contributed by atoms with Crippen LogP contribution in [0.4, 0.5) is 17.1 Å². The van der Waals surface area contributed by atoms with Crippen molar-refractivity contribution in [1.82, 2.24) is 9.97 Å². The van der Waals surface area contributed by atoms with E-state index in [0.29, 0.717) is 0 Å². The Morgan fingerprint density at radius 1 is 0.564 bits per heavy atom. The average molecular weight is 512 g/mol. The Balaban J connectivity index is 1.41. The van der Waals surface area contributed by atoms with Crippen molar-refractivity contribution in [2.24, 2.45) is 0 Å². The van der Waals surface area contributed by atoms with Crippen LogP contribution in [0.15, 0.2) is 103 Å². The Labute approximate surface area is 228 Å². The highest BCUT2D eigenvalue weighted by molar-refractivity contribution is 6.06. The lowest BCUT2D eigenvalue weighted by Crippen LogP contribution is -2.09. The van der Waals surface area contributed by atoms with Gasteiger partial charge in [0.05, 0.1) is 25.3 Å². The average Bonchev–Trinajstić information content (AvgIpc) is 2.99. The summed E-state index contributed by atoms with van der Waals surface area (Å²) in [5.74, 6) is 1.64. The number of fused-ring (bicyclic) bond motifs is 3. The molecule has 0 unspecified atom stereocenters. The second kappa shape index (κ2) is 10.1. The van der Waals surface area contributed by atoms with Crippen LogP contribution < -0.4 is 14.4 Å². The normalized spacial score (nSPS) is 11.1. The molecule has 0 spiro atoms. The van der Waals surface area contributed by atoms with E-state index in [4.69, 9.17) is 14.5 Å². The van der Waals surface area contributed by atoms with Gasteiger partial charge in [-0.25, -0.2) is 0 Å². The summed E-state index contributed by atoms with van der Waals surface area (Å²) in [6.45, 7) is 4.27. The summed E-state index contributed by atoms with van der Waals surface area (Å²) in [5, 5.41) is 2.27. The maximum absolute atomic E-state index is 5.38. The van der Waals surface area contributed by atoms with Gasteiger partial charge < -0.3 is 14.4 Å². The van der Waals surface area contributed by atoms with Crippen molar-refractivity contribution in [3.8, 4) is 22.6 Å². The fourth-order valence-electron chi connectivity index (χ4n) is 5.14. The molecule has 0 amide bonds. The van der Waals surface area contributed by atoms with E-state index >= 15 is 0 Å². The van der Waals surface area contributed by atoms with E-state index < -0.39 is 0 Å². The topological polar surface area (TPSA) is 47.5 Å². The first-order valence-electron chi connectivity index (χ1n) is 12.9. The molecule has 0 radical (unpaired) electrons. The molecule has 39 heavy (non-hydrogen) atoms. The van der Waals surface area contributed by atoms with E-state index in [9.17, 15) is 0 Å². The zero-order valence-electron chi connectivity index (χ0n) is 22.5. The van der Waals surface area contributed by atoms with Crippen molar-refractivity contribution in [3.05, 3.63) is 115 Å². The van der Waals surface area contributed by atoms with Crippen molar-refractivity contribution in [2.75, 3.05) is 19.1 Å². The summed E-state index contributed by atoms with van der Waals surface area (Å²) >= 11 is 0. The molecule has 0 saturated carbocycles. The Bertz CT molecular complexity index is 1730. The molecule has 0 fully saturated rings. The van der Waals surface area contributed by atoms with Crippen LogP contribution >= 0.6 is 0 Å². The van der Waals surface area contributed by atoms with Crippen LogP contribution in [0, 0.1) is 13.8 Å². The molecule has 0 bridgehead atoms. The largest absolute Gasteiger partial charge is 0.497 e. The van der Waals surface area contributed by atoms with E-state index in [2.05, 4.69) is 84.4 Å². The van der Waals surface area contributed by atoms with Crippen LogP contribution in [-0.4, -0.2) is 24.2 Å². The molecule has 2 heterocycles. The molecule has 6 aromatic rings. The molecule has 5 nitrogen and oxygen atoms in total. The second-order valence-corrected chi connectivity index (χ2v) is 9.56. The number of hydrogen-bond acceptors (Lipinski definition) is 5. The molecule has 0 aliphatic heterocycles.